The van der Waals surface area contributed by atoms with E-state index in [4.69, 9.17) is 11.6 Å². The van der Waals surface area contributed by atoms with Gasteiger partial charge in [-0.25, -0.2) is 0 Å². The lowest BCUT2D eigenvalue weighted by Gasteiger charge is -2.41. The molecule has 0 unspecified atom stereocenters. The number of carbonyl (C=O) groups is 2. The zero-order valence-corrected chi connectivity index (χ0v) is 19.5. The summed E-state index contributed by atoms with van der Waals surface area (Å²) in [6, 6.07) is 15.0. The summed E-state index contributed by atoms with van der Waals surface area (Å²) in [7, 11) is 0. The molecule has 1 aliphatic heterocycles. The summed E-state index contributed by atoms with van der Waals surface area (Å²) in [6.45, 7) is 7.16. The molecule has 0 saturated heterocycles. The van der Waals surface area contributed by atoms with Crippen LogP contribution in [-0.2, 0) is 11.3 Å². The summed E-state index contributed by atoms with van der Waals surface area (Å²) >= 11 is 7.94. The number of nitrogens with zero attached hydrogens (tertiary/aromatic N) is 3. The number of amides is 2. The Kier molecular flexibility index (Phi) is 5.95. The van der Waals surface area contributed by atoms with Crippen LogP contribution in [-0.4, -0.2) is 44.8 Å². The van der Waals surface area contributed by atoms with Crippen LogP contribution in [0.5, 0.6) is 0 Å². The number of thiophene rings is 1. The van der Waals surface area contributed by atoms with Crippen molar-refractivity contribution in [2.75, 3.05) is 13.1 Å². The molecule has 0 radical (unpaired) electrons. The molecule has 1 aliphatic rings. The van der Waals surface area contributed by atoms with E-state index >= 15 is 0 Å². The molecular formula is C24H26ClN3O2S. The molecular weight excluding hydrogens is 430 g/mol. The van der Waals surface area contributed by atoms with E-state index in [0.29, 0.717) is 23.0 Å². The van der Waals surface area contributed by atoms with Crippen LogP contribution in [0.3, 0.4) is 0 Å². The molecule has 0 aliphatic carbocycles. The molecule has 5 nitrogen and oxygen atoms in total. The van der Waals surface area contributed by atoms with Gasteiger partial charge in [0, 0.05) is 35.5 Å². The van der Waals surface area contributed by atoms with E-state index in [2.05, 4.69) is 4.57 Å². The highest BCUT2D eigenvalue weighted by molar-refractivity contribution is 7.12. The molecule has 0 fully saturated rings. The van der Waals surface area contributed by atoms with Crippen LogP contribution in [0, 0.1) is 0 Å². The van der Waals surface area contributed by atoms with Gasteiger partial charge in [-0.1, -0.05) is 35.9 Å². The molecule has 1 aromatic carbocycles. The van der Waals surface area contributed by atoms with Crippen LogP contribution < -0.4 is 0 Å². The van der Waals surface area contributed by atoms with Gasteiger partial charge in [-0.15, -0.1) is 11.3 Å². The molecule has 2 aromatic heterocycles. The van der Waals surface area contributed by atoms with Crippen molar-refractivity contribution in [2.45, 2.75) is 38.9 Å². The fraction of sp³-hybridized carbons (Fsp3) is 0.333. The van der Waals surface area contributed by atoms with Gasteiger partial charge in [-0.3, -0.25) is 9.59 Å². The zero-order valence-electron chi connectivity index (χ0n) is 17.9. The molecule has 0 bridgehead atoms. The van der Waals surface area contributed by atoms with Crippen LogP contribution in [0.25, 0.3) is 0 Å². The van der Waals surface area contributed by atoms with Crippen LogP contribution in [0.2, 0.25) is 5.02 Å². The summed E-state index contributed by atoms with van der Waals surface area (Å²) in [6.07, 6.45) is 2.03. The van der Waals surface area contributed by atoms with Crippen molar-refractivity contribution in [1.29, 1.82) is 0 Å². The zero-order chi connectivity index (χ0) is 22.2. The van der Waals surface area contributed by atoms with E-state index in [-0.39, 0.29) is 24.4 Å². The van der Waals surface area contributed by atoms with Crippen molar-refractivity contribution < 1.29 is 9.59 Å². The normalized spacial score (nSPS) is 16.1. The molecule has 0 saturated carbocycles. The smallest absolute Gasteiger partial charge is 0.264 e. The molecule has 1 atom stereocenters. The first-order valence-corrected chi connectivity index (χ1v) is 11.6. The van der Waals surface area contributed by atoms with Crippen molar-refractivity contribution in [3.63, 3.8) is 0 Å². The quantitative estimate of drug-likeness (QED) is 0.551. The Hall–Kier alpha value is -2.57. The van der Waals surface area contributed by atoms with Gasteiger partial charge in [-0.2, -0.15) is 0 Å². The van der Waals surface area contributed by atoms with Gasteiger partial charge < -0.3 is 14.4 Å². The number of halogens is 1. The van der Waals surface area contributed by atoms with Crippen molar-refractivity contribution in [2.24, 2.45) is 0 Å². The Morgan fingerprint density at radius 1 is 1.10 bits per heavy atom. The first-order chi connectivity index (χ1) is 14.8. The highest BCUT2D eigenvalue weighted by Crippen LogP contribution is 2.36. The lowest BCUT2D eigenvalue weighted by molar-refractivity contribution is -0.135. The molecule has 162 valence electrons. The number of hydrogen-bond donors (Lipinski definition) is 0. The standard InChI is InChI=1S/C24H26ClN3O2S/c1-24(2,3)28(23(30)20-11-7-15-31-20)16-21(29)27-14-13-26-12-6-10-19(26)22(27)17-8-4-5-9-18(17)25/h4-12,15,22H,13-14,16H2,1-3H3/t22-/m1/s1. The van der Waals surface area contributed by atoms with Gasteiger partial charge in [0.05, 0.1) is 10.9 Å². The maximum Gasteiger partial charge on any atom is 0.264 e. The average Bonchev–Trinajstić information content (AvgIpc) is 3.42. The number of aromatic nitrogens is 1. The maximum atomic E-state index is 13.6. The van der Waals surface area contributed by atoms with Gasteiger partial charge in [0.2, 0.25) is 5.91 Å². The first kappa shape index (κ1) is 21.7. The van der Waals surface area contributed by atoms with E-state index in [1.165, 1.54) is 11.3 Å². The average molecular weight is 456 g/mol. The maximum absolute atomic E-state index is 13.6. The van der Waals surface area contributed by atoms with Crippen molar-refractivity contribution >= 4 is 34.8 Å². The summed E-state index contributed by atoms with van der Waals surface area (Å²) in [4.78, 5) is 31.0. The highest BCUT2D eigenvalue weighted by Gasteiger charge is 2.37. The Bertz CT molecular complexity index is 1080. The minimum absolute atomic E-state index is 0.0158. The monoisotopic (exact) mass is 455 g/mol. The minimum atomic E-state index is -0.493. The van der Waals surface area contributed by atoms with E-state index in [9.17, 15) is 9.59 Å². The molecule has 2 amide bonds. The third kappa shape index (κ3) is 4.27. The van der Waals surface area contributed by atoms with E-state index in [1.807, 2.05) is 79.7 Å². The molecule has 31 heavy (non-hydrogen) atoms. The summed E-state index contributed by atoms with van der Waals surface area (Å²) in [5.74, 6) is -0.206. The van der Waals surface area contributed by atoms with Crippen molar-refractivity contribution in [3.05, 3.63) is 81.3 Å². The van der Waals surface area contributed by atoms with Crippen molar-refractivity contribution in [3.8, 4) is 0 Å². The van der Waals surface area contributed by atoms with Gasteiger partial charge in [0.15, 0.2) is 0 Å². The predicted octanol–water partition coefficient (Wildman–Crippen LogP) is 5.08. The lowest BCUT2D eigenvalue weighted by atomic mass is 9.99. The van der Waals surface area contributed by atoms with Crippen molar-refractivity contribution in [1.82, 2.24) is 14.4 Å². The predicted molar refractivity (Wildman–Crippen MR) is 125 cm³/mol. The molecule has 3 heterocycles. The minimum Gasteiger partial charge on any atom is -0.348 e. The second-order valence-electron chi connectivity index (χ2n) is 8.68. The molecule has 0 N–H and O–H groups in total. The van der Waals surface area contributed by atoms with E-state index < -0.39 is 5.54 Å². The third-order valence-corrected chi connectivity index (χ3v) is 6.84. The summed E-state index contributed by atoms with van der Waals surface area (Å²) in [5, 5.41) is 2.50. The second-order valence-corrected chi connectivity index (χ2v) is 10.0. The van der Waals surface area contributed by atoms with Crippen LogP contribution in [0.4, 0.5) is 0 Å². The van der Waals surface area contributed by atoms with E-state index in [0.717, 1.165) is 11.3 Å². The molecule has 3 aromatic rings. The Balaban J connectivity index is 1.67. The first-order valence-electron chi connectivity index (χ1n) is 10.3. The van der Waals surface area contributed by atoms with E-state index in [1.54, 1.807) is 11.0 Å². The summed E-state index contributed by atoms with van der Waals surface area (Å²) in [5.41, 5.74) is 1.43. The number of carbonyl (C=O) groups excluding carboxylic acids is 2. The highest BCUT2D eigenvalue weighted by atomic mass is 35.5. The fourth-order valence-corrected chi connectivity index (χ4v) is 4.96. The third-order valence-electron chi connectivity index (χ3n) is 5.64. The summed E-state index contributed by atoms with van der Waals surface area (Å²) < 4.78 is 2.16. The topological polar surface area (TPSA) is 45.6 Å². The van der Waals surface area contributed by atoms with Crippen LogP contribution >= 0.6 is 22.9 Å². The largest absolute Gasteiger partial charge is 0.348 e. The SMILES string of the molecule is CC(C)(C)N(CC(=O)N1CCn2cccc2[C@H]1c1ccccc1Cl)C(=O)c1cccs1. The van der Waals surface area contributed by atoms with Crippen LogP contribution in [0.15, 0.2) is 60.1 Å². The Morgan fingerprint density at radius 2 is 1.87 bits per heavy atom. The lowest BCUT2D eigenvalue weighted by Crippen LogP contribution is -2.53. The number of benzene rings is 1. The fourth-order valence-electron chi connectivity index (χ4n) is 4.05. The molecule has 4 rings (SSSR count). The number of rotatable bonds is 4. The van der Waals surface area contributed by atoms with Gasteiger partial charge in [-0.05, 0) is 56.0 Å². The van der Waals surface area contributed by atoms with Gasteiger partial charge in [0.25, 0.3) is 5.91 Å². The number of fused-ring (bicyclic) bond motifs is 1. The Morgan fingerprint density at radius 3 is 2.55 bits per heavy atom. The van der Waals surface area contributed by atoms with Gasteiger partial charge >= 0.3 is 0 Å². The Labute approximate surface area is 191 Å². The second kappa shape index (κ2) is 8.52. The molecule has 0 spiro atoms. The van der Waals surface area contributed by atoms with Crippen LogP contribution in [0.1, 0.15) is 47.7 Å². The number of hydrogen-bond acceptors (Lipinski definition) is 3. The molecule has 7 heteroatoms. The van der Waals surface area contributed by atoms with Gasteiger partial charge in [0.1, 0.15) is 6.54 Å².